The summed E-state index contributed by atoms with van der Waals surface area (Å²) in [5, 5.41) is 10.7. The Kier molecular flexibility index (Phi) is 9.79. The van der Waals surface area contributed by atoms with E-state index >= 15 is 0 Å². The summed E-state index contributed by atoms with van der Waals surface area (Å²) in [6, 6.07) is 0. The van der Waals surface area contributed by atoms with Crippen molar-refractivity contribution in [3.63, 3.8) is 0 Å². The Morgan fingerprint density at radius 3 is 2.41 bits per heavy atom. The molecule has 2 rings (SSSR count). The summed E-state index contributed by atoms with van der Waals surface area (Å²) in [6.07, 6.45) is 8.00. The largest absolute Gasteiger partial charge is 0.390 e. The van der Waals surface area contributed by atoms with Crippen LogP contribution in [0.1, 0.15) is 47.0 Å². The number of rotatable bonds is 11. The minimum Gasteiger partial charge on any atom is -0.390 e. The SMILES string of the molecule is CC[C@H](OC)[C@@H](C)[C@@H]1O[C@H]1[C@H](O)[C@@H](C)/C=C/C=C(\C)[C@@H]1O[C@@H](OC)CC[C@H]1OC. The molecule has 0 unspecified atom stereocenters. The predicted octanol–water partition coefficient (Wildman–Crippen LogP) is 3.48. The lowest BCUT2D eigenvalue weighted by Crippen LogP contribution is -2.41. The lowest BCUT2D eigenvalue weighted by Gasteiger charge is -2.35. The van der Waals surface area contributed by atoms with Crippen molar-refractivity contribution in [2.45, 2.75) is 89.9 Å². The fourth-order valence-electron chi connectivity index (χ4n) is 4.28. The topological polar surface area (TPSA) is 69.7 Å². The fourth-order valence-corrected chi connectivity index (χ4v) is 4.28. The zero-order valence-electron chi connectivity index (χ0n) is 19.0. The highest BCUT2D eigenvalue weighted by Gasteiger charge is 2.50. The Morgan fingerprint density at radius 2 is 1.83 bits per heavy atom. The molecule has 0 amide bonds. The molecule has 2 aliphatic rings. The minimum absolute atomic E-state index is 0.0129. The van der Waals surface area contributed by atoms with Gasteiger partial charge in [0.15, 0.2) is 6.29 Å². The van der Waals surface area contributed by atoms with E-state index in [0.717, 1.165) is 24.8 Å². The molecular formula is C23H40O6. The lowest BCUT2D eigenvalue weighted by atomic mass is 9.91. The molecule has 2 saturated heterocycles. The van der Waals surface area contributed by atoms with Crippen molar-refractivity contribution >= 4 is 0 Å². The molecule has 0 aromatic carbocycles. The first kappa shape index (κ1) is 24.5. The van der Waals surface area contributed by atoms with E-state index in [0.29, 0.717) is 0 Å². The molecule has 6 nitrogen and oxygen atoms in total. The summed E-state index contributed by atoms with van der Waals surface area (Å²) >= 11 is 0. The van der Waals surface area contributed by atoms with Gasteiger partial charge in [0, 0.05) is 39.6 Å². The summed E-state index contributed by atoms with van der Waals surface area (Å²) in [6.45, 7) is 8.29. The van der Waals surface area contributed by atoms with E-state index in [-0.39, 0.29) is 48.6 Å². The second-order valence-corrected chi connectivity index (χ2v) is 8.33. The quantitative estimate of drug-likeness (QED) is 0.414. The van der Waals surface area contributed by atoms with Gasteiger partial charge in [-0.25, -0.2) is 0 Å². The summed E-state index contributed by atoms with van der Waals surface area (Å²) < 4.78 is 28.3. The molecule has 6 heteroatoms. The predicted molar refractivity (Wildman–Crippen MR) is 113 cm³/mol. The number of hydrogen-bond acceptors (Lipinski definition) is 6. The normalized spacial score (nSPS) is 34.8. The van der Waals surface area contributed by atoms with Crippen molar-refractivity contribution in [3.05, 3.63) is 23.8 Å². The van der Waals surface area contributed by atoms with Gasteiger partial charge in [-0.2, -0.15) is 0 Å². The molecule has 0 saturated carbocycles. The summed E-state index contributed by atoms with van der Waals surface area (Å²) in [4.78, 5) is 0. The van der Waals surface area contributed by atoms with Crippen LogP contribution in [-0.2, 0) is 23.7 Å². The van der Waals surface area contributed by atoms with Gasteiger partial charge < -0.3 is 28.8 Å². The first-order valence-electron chi connectivity index (χ1n) is 10.8. The monoisotopic (exact) mass is 412 g/mol. The molecular weight excluding hydrogens is 372 g/mol. The highest BCUT2D eigenvalue weighted by molar-refractivity contribution is 5.18. The Bertz CT molecular complexity index is 543. The van der Waals surface area contributed by atoms with Gasteiger partial charge in [-0.15, -0.1) is 0 Å². The van der Waals surface area contributed by atoms with Crippen LogP contribution in [0.3, 0.4) is 0 Å². The molecule has 2 fully saturated rings. The van der Waals surface area contributed by atoms with Gasteiger partial charge in [0.25, 0.3) is 0 Å². The Balaban J connectivity index is 1.90. The summed E-state index contributed by atoms with van der Waals surface area (Å²) in [7, 11) is 5.12. The average Bonchev–Trinajstić information content (AvgIpc) is 3.54. The number of ether oxygens (including phenoxy) is 5. The first-order chi connectivity index (χ1) is 13.9. The molecule has 2 heterocycles. The van der Waals surface area contributed by atoms with Crippen LogP contribution in [0.2, 0.25) is 0 Å². The third-order valence-corrected chi connectivity index (χ3v) is 6.36. The average molecular weight is 413 g/mol. The molecule has 168 valence electrons. The van der Waals surface area contributed by atoms with Gasteiger partial charge in [-0.1, -0.05) is 39.0 Å². The molecule has 1 N–H and O–H groups in total. The van der Waals surface area contributed by atoms with Crippen LogP contribution in [0.5, 0.6) is 0 Å². The van der Waals surface area contributed by atoms with Crippen LogP contribution < -0.4 is 0 Å². The Labute approximate surface area is 176 Å². The Morgan fingerprint density at radius 1 is 1.10 bits per heavy atom. The zero-order valence-corrected chi connectivity index (χ0v) is 19.0. The first-order valence-corrected chi connectivity index (χ1v) is 10.8. The highest BCUT2D eigenvalue weighted by atomic mass is 16.7. The van der Waals surface area contributed by atoms with Gasteiger partial charge in [0.1, 0.15) is 12.2 Å². The van der Waals surface area contributed by atoms with Crippen LogP contribution in [0.4, 0.5) is 0 Å². The highest BCUT2D eigenvalue weighted by Crippen LogP contribution is 2.37. The number of allylic oxidation sites excluding steroid dienone is 2. The van der Waals surface area contributed by atoms with Crippen molar-refractivity contribution in [1.82, 2.24) is 0 Å². The van der Waals surface area contributed by atoms with E-state index in [4.69, 9.17) is 23.7 Å². The number of epoxide rings is 1. The molecule has 0 aliphatic carbocycles. The molecule has 2 aliphatic heterocycles. The van der Waals surface area contributed by atoms with E-state index in [2.05, 4.69) is 13.8 Å². The maximum Gasteiger partial charge on any atom is 0.158 e. The standard InChI is InChI=1S/C23H40O6/c1-8-17(25-5)16(4)22-23(29-22)20(24)14(2)10-9-11-15(3)21-18(26-6)12-13-19(27-7)28-21/h9-11,14,16-24H,8,12-13H2,1-7H3/b10-9+,15-11+/t14-,16+,17-,18+,19+,20+,21-,22-,23-/m0/s1. The van der Waals surface area contributed by atoms with Crippen LogP contribution in [0, 0.1) is 11.8 Å². The molecule has 0 aromatic rings. The lowest BCUT2D eigenvalue weighted by molar-refractivity contribution is -0.205. The van der Waals surface area contributed by atoms with Crippen molar-refractivity contribution in [1.29, 1.82) is 0 Å². The van der Waals surface area contributed by atoms with E-state index in [1.165, 1.54) is 0 Å². The van der Waals surface area contributed by atoms with Crippen LogP contribution in [0.15, 0.2) is 23.8 Å². The van der Waals surface area contributed by atoms with E-state index < -0.39 is 6.10 Å². The second-order valence-electron chi connectivity index (χ2n) is 8.33. The van der Waals surface area contributed by atoms with E-state index in [1.54, 1.807) is 21.3 Å². The second kappa shape index (κ2) is 11.6. The minimum atomic E-state index is -0.530. The fraction of sp³-hybridized carbons (Fsp3) is 0.826. The number of aliphatic hydroxyl groups is 1. The number of methoxy groups -OCH3 is 3. The molecule has 29 heavy (non-hydrogen) atoms. The van der Waals surface area contributed by atoms with Gasteiger partial charge in [0.05, 0.1) is 24.4 Å². The van der Waals surface area contributed by atoms with Gasteiger partial charge in [-0.05, 0) is 25.3 Å². The smallest absolute Gasteiger partial charge is 0.158 e. The Hall–Kier alpha value is -0.760. The van der Waals surface area contributed by atoms with Gasteiger partial charge in [0.2, 0.25) is 0 Å². The van der Waals surface area contributed by atoms with Crippen LogP contribution in [0.25, 0.3) is 0 Å². The van der Waals surface area contributed by atoms with Crippen molar-refractivity contribution in [3.8, 4) is 0 Å². The van der Waals surface area contributed by atoms with Crippen molar-refractivity contribution in [2.75, 3.05) is 21.3 Å². The summed E-state index contributed by atoms with van der Waals surface area (Å²) in [5.74, 6) is 0.257. The maximum absolute atomic E-state index is 10.7. The van der Waals surface area contributed by atoms with Crippen molar-refractivity contribution < 1.29 is 28.8 Å². The maximum atomic E-state index is 10.7. The molecule has 9 atom stereocenters. The summed E-state index contributed by atoms with van der Waals surface area (Å²) in [5.41, 5.74) is 1.08. The molecule has 0 radical (unpaired) electrons. The van der Waals surface area contributed by atoms with Gasteiger partial charge >= 0.3 is 0 Å². The molecule has 0 spiro atoms. The van der Waals surface area contributed by atoms with Crippen LogP contribution >= 0.6 is 0 Å². The number of hydrogen-bond donors (Lipinski definition) is 1. The molecule has 0 bridgehead atoms. The third-order valence-electron chi connectivity index (χ3n) is 6.36. The number of aliphatic hydroxyl groups excluding tert-OH is 1. The third kappa shape index (κ3) is 6.36. The molecule has 0 aromatic heterocycles. The zero-order chi connectivity index (χ0) is 21.6. The van der Waals surface area contributed by atoms with Crippen molar-refractivity contribution in [2.24, 2.45) is 11.8 Å². The van der Waals surface area contributed by atoms with Gasteiger partial charge in [-0.3, -0.25) is 0 Å². The van der Waals surface area contributed by atoms with E-state index in [9.17, 15) is 5.11 Å². The van der Waals surface area contributed by atoms with E-state index in [1.807, 2.05) is 32.1 Å². The van der Waals surface area contributed by atoms with Crippen LogP contribution in [-0.4, -0.2) is 69.3 Å².